The van der Waals surface area contributed by atoms with Crippen molar-refractivity contribution in [1.29, 1.82) is 0 Å². The van der Waals surface area contributed by atoms with E-state index < -0.39 is 25.1 Å². The van der Waals surface area contributed by atoms with Crippen LogP contribution in [0.1, 0.15) is 32.3 Å². The fourth-order valence-corrected chi connectivity index (χ4v) is 3.33. The van der Waals surface area contributed by atoms with Crippen molar-refractivity contribution < 1.29 is 18.9 Å². The van der Waals surface area contributed by atoms with Gasteiger partial charge in [0.25, 0.3) is 5.69 Å². The van der Waals surface area contributed by atoms with E-state index in [1.165, 1.54) is 24.3 Å². The molecule has 1 unspecified atom stereocenters. The Morgan fingerprint density at radius 1 is 1.07 bits per heavy atom. The number of non-ortho nitro benzene ring substituents is 1. The van der Waals surface area contributed by atoms with Crippen molar-refractivity contribution in [3.8, 4) is 5.75 Å². The van der Waals surface area contributed by atoms with Gasteiger partial charge in [0.05, 0.1) is 11.5 Å². The summed E-state index contributed by atoms with van der Waals surface area (Å²) in [5, 5.41) is 10.8. The van der Waals surface area contributed by atoms with Crippen LogP contribution in [-0.4, -0.2) is 25.8 Å². The number of esters is 1. The minimum absolute atomic E-state index is 0.0243. The summed E-state index contributed by atoms with van der Waals surface area (Å²) in [6, 6.07) is 14.8. The predicted octanol–water partition coefficient (Wildman–Crippen LogP) is 5.31. The molecule has 0 aliphatic rings. The summed E-state index contributed by atoms with van der Waals surface area (Å²) in [5.41, 5.74) is 0.758. The van der Waals surface area contributed by atoms with Crippen LogP contribution in [-0.2, 0) is 9.22 Å². The van der Waals surface area contributed by atoms with E-state index in [0.29, 0.717) is 0 Å². The fourth-order valence-electron chi connectivity index (χ4n) is 2.32. The van der Waals surface area contributed by atoms with Crippen LogP contribution in [0.15, 0.2) is 54.6 Å². The molecule has 0 saturated carbocycles. The molecule has 0 bridgehead atoms. The number of ether oxygens (including phenoxy) is 1. The maximum Gasteiger partial charge on any atom is 0.321 e. The summed E-state index contributed by atoms with van der Waals surface area (Å²) in [5.74, 6) is -0.756. The molecule has 0 saturated heterocycles. The van der Waals surface area contributed by atoms with Crippen molar-refractivity contribution in [2.24, 2.45) is 0 Å². The molecule has 0 fully saturated rings. The van der Waals surface area contributed by atoms with Crippen LogP contribution in [0.5, 0.6) is 5.75 Å². The zero-order valence-electron chi connectivity index (χ0n) is 17.0. The van der Waals surface area contributed by atoms with Gasteiger partial charge in [-0.15, -0.1) is 0 Å². The van der Waals surface area contributed by atoms with Gasteiger partial charge >= 0.3 is 5.97 Å². The Labute approximate surface area is 166 Å². The highest BCUT2D eigenvalue weighted by atomic mass is 28.4. The summed E-state index contributed by atoms with van der Waals surface area (Å²) in [4.78, 5) is 23.2. The van der Waals surface area contributed by atoms with Crippen LogP contribution in [0.4, 0.5) is 5.69 Å². The Kier molecular flexibility index (Phi) is 6.74. The molecule has 7 heteroatoms. The monoisotopic (exact) mass is 401 g/mol. The van der Waals surface area contributed by atoms with Gasteiger partial charge in [-0.2, -0.15) is 0 Å². The molecule has 28 heavy (non-hydrogen) atoms. The summed E-state index contributed by atoms with van der Waals surface area (Å²) in [7, 11) is -2.04. The molecule has 0 N–H and O–H groups in total. The van der Waals surface area contributed by atoms with Crippen molar-refractivity contribution in [2.45, 2.75) is 44.8 Å². The van der Waals surface area contributed by atoms with Crippen molar-refractivity contribution in [1.82, 2.24) is 0 Å². The second-order valence-electron chi connectivity index (χ2n) is 8.21. The summed E-state index contributed by atoms with van der Waals surface area (Å²) in [6.45, 7) is 10.9. The number of nitro benzene ring substituents is 1. The molecule has 0 aromatic heterocycles. The first-order chi connectivity index (χ1) is 13.0. The average molecular weight is 402 g/mol. The molecule has 2 aromatic rings. The van der Waals surface area contributed by atoms with Gasteiger partial charge in [0.1, 0.15) is 11.7 Å². The number of rotatable bonds is 7. The van der Waals surface area contributed by atoms with Gasteiger partial charge in [-0.3, -0.25) is 14.9 Å². The Morgan fingerprint density at radius 2 is 1.64 bits per heavy atom. The van der Waals surface area contributed by atoms with E-state index in [2.05, 4.69) is 33.9 Å². The Bertz CT molecular complexity index is 813. The molecule has 0 heterocycles. The number of nitro groups is 1. The van der Waals surface area contributed by atoms with Crippen molar-refractivity contribution >= 4 is 20.0 Å². The van der Waals surface area contributed by atoms with Gasteiger partial charge in [0.15, 0.2) is 8.32 Å². The van der Waals surface area contributed by atoms with Crippen LogP contribution in [0.2, 0.25) is 18.1 Å². The normalized spacial score (nSPS) is 13.0. The van der Waals surface area contributed by atoms with Gasteiger partial charge in [0, 0.05) is 12.1 Å². The topological polar surface area (TPSA) is 78.7 Å². The van der Waals surface area contributed by atoms with E-state index in [1.807, 2.05) is 30.3 Å². The third-order valence-electron chi connectivity index (χ3n) is 5.17. The Morgan fingerprint density at radius 3 is 2.14 bits per heavy atom. The minimum Gasteiger partial charge on any atom is -0.426 e. The lowest BCUT2D eigenvalue weighted by Crippen LogP contribution is -2.42. The molecule has 150 valence electrons. The van der Waals surface area contributed by atoms with Crippen LogP contribution in [0, 0.1) is 10.1 Å². The van der Waals surface area contributed by atoms with Gasteiger partial charge < -0.3 is 9.16 Å². The number of carbonyl (C=O) groups excluding carboxylic acids is 1. The maximum atomic E-state index is 12.9. The molecule has 1 atom stereocenters. The molecule has 2 aromatic carbocycles. The Balaban J connectivity index is 2.19. The van der Waals surface area contributed by atoms with Gasteiger partial charge in [-0.25, -0.2) is 0 Å². The third kappa shape index (κ3) is 5.50. The summed E-state index contributed by atoms with van der Waals surface area (Å²) < 4.78 is 11.8. The molecular weight excluding hydrogens is 374 g/mol. The second kappa shape index (κ2) is 8.66. The second-order valence-corrected chi connectivity index (χ2v) is 13.0. The quantitative estimate of drug-likeness (QED) is 0.207. The van der Waals surface area contributed by atoms with E-state index in [9.17, 15) is 14.9 Å². The fraction of sp³-hybridized carbons (Fsp3) is 0.381. The minimum atomic E-state index is -2.04. The van der Waals surface area contributed by atoms with Crippen molar-refractivity contribution in [2.75, 3.05) is 6.61 Å². The highest BCUT2D eigenvalue weighted by Gasteiger charge is 2.38. The highest BCUT2D eigenvalue weighted by molar-refractivity contribution is 6.74. The number of benzene rings is 2. The number of hydrogen-bond donors (Lipinski definition) is 0. The number of hydrogen-bond acceptors (Lipinski definition) is 5. The molecule has 0 spiro atoms. The van der Waals surface area contributed by atoms with E-state index >= 15 is 0 Å². The van der Waals surface area contributed by atoms with Crippen molar-refractivity contribution in [3.05, 3.63) is 70.3 Å². The zero-order chi connectivity index (χ0) is 20.9. The van der Waals surface area contributed by atoms with Gasteiger partial charge in [-0.1, -0.05) is 51.1 Å². The van der Waals surface area contributed by atoms with E-state index in [4.69, 9.17) is 9.16 Å². The van der Waals surface area contributed by atoms with Crippen molar-refractivity contribution in [3.63, 3.8) is 0 Å². The van der Waals surface area contributed by atoms with Crippen LogP contribution in [0.25, 0.3) is 0 Å². The number of nitrogens with zero attached hydrogens (tertiary/aromatic N) is 1. The third-order valence-corrected chi connectivity index (χ3v) is 9.67. The number of carbonyl (C=O) groups is 1. The molecule has 0 aliphatic carbocycles. The van der Waals surface area contributed by atoms with E-state index in [1.54, 1.807) is 0 Å². The molecule has 0 aliphatic heterocycles. The van der Waals surface area contributed by atoms with Crippen LogP contribution < -0.4 is 4.74 Å². The lowest BCUT2D eigenvalue weighted by atomic mass is 10.0. The molecule has 0 radical (unpaired) electrons. The molecular formula is C21H27NO5Si. The van der Waals surface area contributed by atoms with Crippen LogP contribution >= 0.6 is 0 Å². The van der Waals surface area contributed by atoms with Gasteiger partial charge in [0.2, 0.25) is 0 Å². The first-order valence-corrected chi connectivity index (χ1v) is 12.1. The first kappa shape index (κ1) is 21.8. The largest absolute Gasteiger partial charge is 0.426 e. The standard InChI is InChI=1S/C21H27NO5Si/c1-21(2,3)28(4,5)26-15-19(16-9-7-6-8-10-16)20(23)27-18-13-11-17(12-14-18)22(24)25/h6-14,19H,15H2,1-5H3. The lowest BCUT2D eigenvalue weighted by Gasteiger charge is -2.37. The van der Waals surface area contributed by atoms with Gasteiger partial charge in [-0.05, 0) is 35.8 Å². The molecule has 2 rings (SSSR count). The average Bonchev–Trinajstić information content (AvgIpc) is 2.62. The summed E-state index contributed by atoms with van der Waals surface area (Å²) in [6.07, 6.45) is 0. The SMILES string of the molecule is CC(C)(C)[Si](C)(C)OCC(C(=O)Oc1ccc([N+](=O)[O-])cc1)c1ccccc1. The lowest BCUT2D eigenvalue weighted by molar-refractivity contribution is -0.384. The smallest absolute Gasteiger partial charge is 0.321 e. The molecule has 0 amide bonds. The highest BCUT2D eigenvalue weighted by Crippen LogP contribution is 2.37. The first-order valence-electron chi connectivity index (χ1n) is 9.16. The van der Waals surface area contributed by atoms with Crippen LogP contribution in [0.3, 0.4) is 0 Å². The molecule has 6 nitrogen and oxygen atoms in total. The van der Waals surface area contributed by atoms with E-state index in [-0.39, 0.29) is 23.1 Å². The maximum absolute atomic E-state index is 12.9. The van der Waals surface area contributed by atoms with E-state index in [0.717, 1.165) is 5.56 Å². The Hall–Kier alpha value is -2.51. The summed E-state index contributed by atoms with van der Waals surface area (Å²) >= 11 is 0. The zero-order valence-corrected chi connectivity index (χ0v) is 18.0. The predicted molar refractivity (Wildman–Crippen MR) is 111 cm³/mol.